The lowest BCUT2D eigenvalue weighted by Gasteiger charge is -2.13. The van der Waals surface area contributed by atoms with Crippen molar-refractivity contribution >= 4 is 28.4 Å². The highest BCUT2D eigenvalue weighted by Gasteiger charge is 2.18. The predicted molar refractivity (Wildman–Crippen MR) is 104 cm³/mol. The minimum Gasteiger partial charge on any atom is -0.355 e. The van der Waals surface area contributed by atoms with E-state index in [1.807, 2.05) is 62.4 Å². The van der Waals surface area contributed by atoms with Gasteiger partial charge in [-0.15, -0.1) is 10.2 Å². The third kappa shape index (κ3) is 3.99. The number of thioether (sulfide) groups is 1. The minimum atomic E-state index is -0.216. The van der Waals surface area contributed by atoms with Crippen molar-refractivity contribution in [2.75, 3.05) is 6.54 Å². The molecule has 0 radical (unpaired) electrons. The van der Waals surface area contributed by atoms with E-state index in [9.17, 15) is 4.79 Å². The van der Waals surface area contributed by atoms with Crippen LogP contribution in [0.2, 0.25) is 0 Å². The molecule has 1 aromatic heterocycles. The molecule has 0 bridgehead atoms. The van der Waals surface area contributed by atoms with Gasteiger partial charge in [0.2, 0.25) is 5.91 Å². The number of nitrogens with one attached hydrogen (secondary N) is 1. The van der Waals surface area contributed by atoms with Crippen LogP contribution >= 0.6 is 11.8 Å². The smallest absolute Gasteiger partial charge is 0.233 e. The van der Waals surface area contributed by atoms with E-state index in [1.54, 1.807) is 0 Å². The molecule has 0 aliphatic rings. The molecule has 0 saturated heterocycles. The summed E-state index contributed by atoms with van der Waals surface area (Å²) >= 11 is 1.45. The van der Waals surface area contributed by atoms with Gasteiger partial charge in [0.25, 0.3) is 0 Å². The average molecular weight is 351 g/mol. The summed E-state index contributed by atoms with van der Waals surface area (Å²) < 4.78 is 0. The Morgan fingerprint density at radius 2 is 1.72 bits per heavy atom. The van der Waals surface area contributed by atoms with Crippen molar-refractivity contribution in [3.63, 3.8) is 0 Å². The Labute approximate surface area is 152 Å². The molecule has 1 heterocycles. The molecule has 1 amide bonds. The number of carbonyl (C=O) groups is 1. The number of rotatable bonds is 6. The van der Waals surface area contributed by atoms with Gasteiger partial charge in [-0.1, -0.05) is 73.3 Å². The fourth-order valence-electron chi connectivity index (χ4n) is 2.59. The number of hydrogen-bond donors (Lipinski definition) is 1. The largest absolute Gasteiger partial charge is 0.355 e. The molecule has 128 valence electrons. The van der Waals surface area contributed by atoms with Crippen molar-refractivity contribution in [1.29, 1.82) is 0 Å². The van der Waals surface area contributed by atoms with Crippen LogP contribution in [0.1, 0.15) is 20.3 Å². The van der Waals surface area contributed by atoms with E-state index in [4.69, 9.17) is 0 Å². The van der Waals surface area contributed by atoms with E-state index in [0.29, 0.717) is 6.54 Å². The molecule has 0 spiro atoms. The predicted octanol–water partition coefficient (Wildman–Crippen LogP) is 4.30. The summed E-state index contributed by atoms with van der Waals surface area (Å²) in [5.41, 5.74) is 1.90. The van der Waals surface area contributed by atoms with Crippen molar-refractivity contribution < 1.29 is 4.79 Å². The minimum absolute atomic E-state index is 0.0323. The Morgan fingerprint density at radius 3 is 2.44 bits per heavy atom. The molecule has 3 rings (SSSR count). The van der Waals surface area contributed by atoms with E-state index >= 15 is 0 Å². The Bertz CT molecular complexity index is 867. The van der Waals surface area contributed by atoms with E-state index < -0.39 is 0 Å². The number of carbonyl (C=O) groups excluding carboxylic acids is 1. The monoisotopic (exact) mass is 351 g/mol. The van der Waals surface area contributed by atoms with Crippen LogP contribution in [0.4, 0.5) is 0 Å². The molecule has 4 nitrogen and oxygen atoms in total. The number of benzene rings is 2. The topological polar surface area (TPSA) is 54.9 Å². The summed E-state index contributed by atoms with van der Waals surface area (Å²) in [4.78, 5) is 12.2. The van der Waals surface area contributed by atoms with E-state index in [2.05, 4.69) is 21.6 Å². The van der Waals surface area contributed by atoms with Crippen LogP contribution in [0.25, 0.3) is 22.0 Å². The molecule has 0 fully saturated rings. The van der Waals surface area contributed by atoms with Gasteiger partial charge in [-0.2, -0.15) is 0 Å². The van der Waals surface area contributed by atoms with Crippen LogP contribution < -0.4 is 5.32 Å². The van der Waals surface area contributed by atoms with Gasteiger partial charge >= 0.3 is 0 Å². The van der Waals surface area contributed by atoms with Gasteiger partial charge in [0.05, 0.1) is 5.25 Å². The number of fused-ring (bicyclic) bond motifs is 1. The molecule has 0 aliphatic heterocycles. The zero-order valence-electron chi connectivity index (χ0n) is 14.4. The van der Waals surface area contributed by atoms with Crippen LogP contribution in [0.3, 0.4) is 0 Å². The summed E-state index contributed by atoms with van der Waals surface area (Å²) in [6, 6.07) is 18.1. The lowest BCUT2D eigenvalue weighted by molar-refractivity contribution is -0.120. The van der Waals surface area contributed by atoms with Crippen molar-refractivity contribution in [3.05, 3.63) is 54.6 Å². The van der Waals surface area contributed by atoms with Crippen molar-refractivity contribution in [2.45, 2.75) is 30.5 Å². The molecule has 0 aliphatic carbocycles. The summed E-state index contributed by atoms with van der Waals surface area (Å²) in [6.07, 6.45) is 0.928. The first-order chi connectivity index (χ1) is 12.2. The van der Waals surface area contributed by atoms with Crippen LogP contribution in [0, 0.1) is 0 Å². The molecule has 0 saturated carbocycles. The highest BCUT2D eigenvalue weighted by molar-refractivity contribution is 8.00. The van der Waals surface area contributed by atoms with Gasteiger partial charge in [-0.3, -0.25) is 4.79 Å². The van der Waals surface area contributed by atoms with Crippen LogP contribution in [0.5, 0.6) is 0 Å². The molecule has 0 unspecified atom stereocenters. The van der Waals surface area contributed by atoms with E-state index in [-0.39, 0.29) is 11.2 Å². The van der Waals surface area contributed by atoms with Crippen LogP contribution in [-0.2, 0) is 4.79 Å². The normalized spacial score (nSPS) is 12.1. The molecule has 5 heteroatoms. The maximum atomic E-state index is 12.2. The second-order valence-electron chi connectivity index (χ2n) is 5.82. The third-order valence-corrected chi connectivity index (χ3v) is 5.00. The molecule has 3 aromatic rings. The molecule has 25 heavy (non-hydrogen) atoms. The summed E-state index contributed by atoms with van der Waals surface area (Å²) in [6.45, 7) is 4.64. The van der Waals surface area contributed by atoms with Crippen molar-refractivity contribution in [2.24, 2.45) is 0 Å². The van der Waals surface area contributed by atoms with Gasteiger partial charge in [0.15, 0.2) is 0 Å². The quantitative estimate of drug-likeness (QED) is 0.673. The molecule has 1 N–H and O–H groups in total. The second kappa shape index (κ2) is 8.12. The van der Waals surface area contributed by atoms with Crippen LogP contribution in [-0.4, -0.2) is 27.9 Å². The Morgan fingerprint density at radius 1 is 1.04 bits per heavy atom. The third-order valence-electron chi connectivity index (χ3n) is 3.91. The van der Waals surface area contributed by atoms with Gasteiger partial charge in [-0.25, -0.2) is 0 Å². The van der Waals surface area contributed by atoms with Crippen molar-refractivity contribution in [1.82, 2.24) is 15.5 Å². The fourth-order valence-corrected chi connectivity index (χ4v) is 3.51. The zero-order chi connectivity index (χ0) is 17.6. The highest BCUT2D eigenvalue weighted by Crippen LogP contribution is 2.33. The van der Waals surface area contributed by atoms with Crippen LogP contribution in [0.15, 0.2) is 59.6 Å². The van der Waals surface area contributed by atoms with Crippen molar-refractivity contribution in [3.8, 4) is 11.3 Å². The second-order valence-corrected chi connectivity index (χ2v) is 7.15. The van der Waals surface area contributed by atoms with Gasteiger partial charge in [0, 0.05) is 22.9 Å². The maximum Gasteiger partial charge on any atom is 0.233 e. The maximum absolute atomic E-state index is 12.2. The lowest BCUT2D eigenvalue weighted by Crippen LogP contribution is -2.31. The van der Waals surface area contributed by atoms with Gasteiger partial charge in [0.1, 0.15) is 10.7 Å². The Hall–Kier alpha value is -2.40. The molecule has 2 aromatic carbocycles. The van der Waals surface area contributed by atoms with Gasteiger partial charge < -0.3 is 5.32 Å². The highest BCUT2D eigenvalue weighted by atomic mass is 32.2. The summed E-state index contributed by atoms with van der Waals surface area (Å²) in [7, 11) is 0. The number of aromatic nitrogens is 2. The fraction of sp³-hybridized carbons (Fsp3) is 0.250. The number of nitrogens with zero attached hydrogens (tertiary/aromatic N) is 2. The zero-order valence-corrected chi connectivity index (χ0v) is 15.2. The van der Waals surface area contributed by atoms with Gasteiger partial charge in [-0.05, 0) is 13.3 Å². The first-order valence-corrected chi connectivity index (χ1v) is 9.34. The Kier molecular flexibility index (Phi) is 5.66. The number of hydrogen-bond acceptors (Lipinski definition) is 4. The molecule has 1 atom stereocenters. The first kappa shape index (κ1) is 17.4. The summed E-state index contributed by atoms with van der Waals surface area (Å²) in [5, 5.41) is 14.4. The lowest BCUT2D eigenvalue weighted by atomic mass is 10.1. The molecular weight excluding hydrogens is 330 g/mol. The first-order valence-electron chi connectivity index (χ1n) is 8.46. The standard InChI is InChI=1S/C20H21N3OS/c1-3-13-21-19(24)14(2)25-20-17-12-8-7-11-16(17)18(22-23-20)15-9-5-4-6-10-15/h4-12,14H,3,13H2,1-2H3,(H,21,24)/t14-/m1/s1. The van der Waals surface area contributed by atoms with E-state index in [0.717, 1.165) is 33.5 Å². The molecular formula is C20H21N3OS. The van der Waals surface area contributed by atoms with E-state index in [1.165, 1.54) is 11.8 Å². The Balaban J connectivity index is 1.95. The average Bonchev–Trinajstić information content (AvgIpc) is 2.67. The number of amides is 1. The SMILES string of the molecule is CCCNC(=O)[C@@H](C)Sc1nnc(-c2ccccc2)c2ccccc12. The summed E-state index contributed by atoms with van der Waals surface area (Å²) in [5.74, 6) is 0.0323.